The molecule has 0 atom stereocenters. The summed E-state index contributed by atoms with van der Waals surface area (Å²) in [6.45, 7) is 2.54. The second kappa shape index (κ2) is 5.44. The maximum absolute atomic E-state index is 11.7. The van der Waals surface area contributed by atoms with Gasteiger partial charge in [-0.2, -0.15) is 0 Å². The van der Waals surface area contributed by atoms with Crippen LogP contribution in [-0.2, 0) is 4.79 Å². The first-order chi connectivity index (χ1) is 8.63. The van der Waals surface area contributed by atoms with Crippen LogP contribution < -0.4 is 4.74 Å². The average Bonchev–Trinajstić information content (AvgIpc) is 2.34. The highest BCUT2D eigenvalue weighted by Gasteiger charge is 2.20. The lowest BCUT2D eigenvalue weighted by atomic mass is 10.0. The molecule has 0 N–H and O–H groups in total. The van der Waals surface area contributed by atoms with Gasteiger partial charge in [-0.25, -0.2) is 0 Å². The van der Waals surface area contributed by atoms with Crippen LogP contribution in [-0.4, -0.2) is 24.5 Å². The molecule has 0 aliphatic carbocycles. The highest BCUT2D eigenvalue weighted by atomic mass is 35.5. The smallest absolute Gasteiger partial charge is 0.227 e. The van der Waals surface area contributed by atoms with Crippen molar-refractivity contribution in [3.63, 3.8) is 0 Å². The summed E-state index contributed by atoms with van der Waals surface area (Å²) >= 11 is 6.25. The second-order valence-corrected chi connectivity index (χ2v) is 4.56. The van der Waals surface area contributed by atoms with Gasteiger partial charge in [0.05, 0.1) is 11.6 Å². The average molecular weight is 266 g/mol. The molecule has 1 aliphatic heterocycles. The van der Waals surface area contributed by atoms with E-state index in [1.54, 1.807) is 18.0 Å². The van der Waals surface area contributed by atoms with E-state index < -0.39 is 0 Å². The number of ether oxygens (including phenoxy) is 1. The fraction of sp³-hybridized carbons (Fsp3) is 0.357. The molecular weight excluding hydrogens is 250 g/mol. The Morgan fingerprint density at radius 2 is 2.22 bits per heavy atom. The topological polar surface area (TPSA) is 29.5 Å². The highest BCUT2D eigenvalue weighted by Crippen LogP contribution is 2.32. The van der Waals surface area contributed by atoms with E-state index in [1.165, 1.54) is 0 Å². The largest absolute Gasteiger partial charge is 0.494 e. The molecule has 18 heavy (non-hydrogen) atoms. The Morgan fingerprint density at radius 1 is 1.44 bits per heavy atom. The number of hydrogen-bond acceptors (Lipinski definition) is 2. The van der Waals surface area contributed by atoms with E-state index >= 15 is 0 Å². The first-order valence-electron chi connectivity index (χ1n) is 6.03. The van der Waals surface area contributed by atoms with Gasteiger partial charge in [0.25, 0.3) is 0 Å². The Labute approximate surface area is 112 Å². The van der Waals surface area contributed by atoms with Crippen molar-refractivity contribution < 1.29 is 9.53 Å². The molecule has 1 aromatic carbocycles. The molecular formula is C14H16ClNO2. The van der Waals surface area contributed by atoms with Gasteiger partial charge in [0, 0.05) is 24.7 Å². The Hall–Kier alpha value is -1.48. The number of allylic oxidation sites excluding steroid dienone is 1. The summed E-state index contributed by atoms with van der Waals surface area (Å²) in [7, 11) is 1.78. The molecule has 0 radical (unpaired) electrons. The van der Waals surface area contributed by atoms with Crippen LogP contribution in [0.5, 0.6) is 5.75 Å². The van der Waals surface area contributed by atoms with Crippen molar-refractivity contribution in [3.05, 3.63) is 34.9 Å². The number of rotatable bonds is 3. The molecule has 0 fully saturated rings. The fourth-order valence-electron chi connectivity index (χ4n) is 2.02. The molecule has 3 nitrogen and oxygen atoms in total. The molecule has 0 saturated heterocycles. The van der Waals surface area contributed by atoms with Crippen LogP contribution in [0.25, 0.3) is 5.70 Å². The van der Waals surface area contributed by atoms with Crippen LogP contribution in [0.1, 0.15) is 25.3 Å². The van der Waals surface area contributed by atoms with Gasteiger partial charge < -0.3 is 9.64 Å². The molecule has 0 unspecified atom stereocenters. The summed E-state index contributed by atoms with van der Waals surface area (Å²) in [5, 5.41) is 0.605. The summed E-state index contributed by atoms with van der Waals surface area (Å²) in [5.41, 5.74) is 1.75. The minimum Gasteiger partial charge on any atom is -0.494 e. The minimum atomic E-state index is 0.123. The molecule has 96 valence electrons. The molecule has 0 bridgehead atoms. The van der Waals surface area contributed by atoms with Crippen molar-refractivity contribution in [1.29, 1.82) is 0 Å². The first-order valence-corrected chi connectivity index (χ1v) is 6.40. The zero-order chi connectivity index (χ0) is 13.1. The summed E-state index contributed by atoms with van der Waals surface area (Å²) in [6.07, 6.45) is 3.37. The number of carbonyl (C=O) groups excluding carboxylic acids is 1. The molecule has 0 aromatic heterocycles. The Kier molecular flexibility index (Phi) is 3.92. The van der Waals surface area contributed by atoms with E-state index in [0.29, 0.717) is 18.1 Å². The van der Waals surface area contributed by atoms with Crippen molar-refractivity contribution in [2.45, 2.75) is 19.8 Å². The predicted octanol–water partition coefficient (Wildman–Crippen LogP) is 3.33. The quantitative estimate of drug-likeness (QED) is 0.839. The zero-order valence-corrected chi connectivity index (χ0v) is 11.3. The van der Waals surface area contributed by atoms with E-state index in [0.717, 1.165) is 23.4 Å². The third kappa shape index (κ3) is 2.51. The van der Waals surface area contributed by atoms with Gasteiger partial charge >= 0.3 is 0 Å². The van der Waals surface area contributed by atoms with Crippen LogP contribution in [0, 0.1) is 0 Å². The molecule has 4 heteroatoms. The van der Waals surface area contributed by atoms with Gasteiger partial charge in [-0.15, -0.1) is 0 Å². The Balaban J connectivity index is 2.34. The molecule has 1 amide bonds. The van der Waals surface area contributed by atoms with E-state index in [4.69, 9.17) is 16.3 Å². The molecule has 1 heterocycles. The lowest BCUT2D eigenvalue weighted by Crippen LogP contribution is -2.27. The van der Waals surface area contributed by atoms with Crippen molar-refractivity contribution in [2.24, 2.45) is 0 Å². The lowest BCUT2D eigenvalue weighted by molar-refractivity contribution is -0.127. The van der Waals surface area contributed by atoms with Gasteiger partial charge in [-0.1, -0.05) is 17.7 Å². The SMILES string of the molecule is CCOc1ccc(C2=CCCC(=O)N2C)c(Cl)c1. The number of amides is 1. The maximum Gasteiger partial charge on any atom is 0.227 e. The fourth-order valence-corrected chi connectivity index (χ4v) is 2.29. The summed E-state index contributed by atoms with van der Waals surface area (Å²) in [5.74, 6) is 0.870. The predicted molar refractivity (Wildman–Crippen MR) is 72.6 cm³/mol. The van der Waals surface area contributed by atoms with Crippen LogP contribution in [0.3, 0.4) is 0 Å². The number of carbonyl (C=O) groups is 1. The van der Waals surface area contributed by atoms with Gasteiger partial charge in [0.2, 0.25) is 5.91 Å². The summed E-state index contributed by atoms with van der Waals surface area (Å²) < 4.78 is 5.39. The van der Waals surface area contributed by atoms with Gasteiger partial charge in [0.15, 0.2) is 0 Å². The monoisotopic (exact) mass is 265 g/mol. The van der Waals surface area contributed by atoms with Crippen molar-refractivity contribution in [3.8, 4) is 5.75 Å². The number of hydrogen-bond donors (Lipinski definition) is 0. The van der Waals surface area contributed by atoms with E-state index in [1.807, 2.05) is 25.1 Å². The van der Waals surface area contributed by atoms with E-state index in [9.17, 15) is 4.79 Å². The van der Waals surface area contributed by atoms with Crippen molar-refractivity contribution in [1.82, 2.24) is 4.90 Å². The van der Waals surface area contributed by atoms with Crippen LogP contribution in [0.2, 0.25) is 5.02 Å². The minimum absolute atomic E-state index is 0.123. The highest BCUT2D eigenvalue weighted by molar-refractivity contribution is 6.32. The van der Waals surface area contributed by atoms with Gasteiger partial charge in [0.1, 0.15) is 5.75 Å². The lowest BCUT2D eigenvalue weighted by Gasteiger charge is -2.25. The second-order valence-electron chi connectivity index (χ2n) is 4.16. The van der Waals surface area contributed by atoms with E-state index in [-0.39, 0.29) is 5.91 Å². The molecule has 2 rings (SSSR count). The molecule has 0 saturated carbocycles. The Morgan fingerprint density at radius 3 is 2.89 bits per heavy atom. The van der Waals surface area contributed by atoms with Crippen molar-refractivity contribution in [2.75, 3.05) is 13.7 Å². The number of halogens is 1. The maximum atomic E-state index is 11.7. The standard InChI is InChI=1S/C14H16ClNO2/c1-3-18-10-7-8-11(12(15)9-10)13-5-4-6-14(17)16(13)2/h5,7-9H,3-4,6H2,1-2H3. The van der Waals surface area contributed by atoms with Gasteiger partial charge in [-0.05, 0) is 31.5 Å². The normalized spacial score (nSPS) is 15.6. The molecule has 1 aliphatic rings. The van der Waals surface area contributed by atoms with Crippen LogP contribution in [0.15, 0.2) is 24.3 Å². The van der Waals surface area contributed by atoms with E-state index in [2.05, 4.69) is 0 Å². The third-order valence-electron chi connectivity index (χ3n) is 2.96. The molecule has 0 spiro atoms. The first kappa shape index (κ1) is 13.0. The molecule has 1 aromatic rings. The van der Waals surface area contributed by atoms with Crippen LogP contribution in [0.4, 0.5) is 0 Å². The Bertz CT molecular complexity index is 497. The number of nitrogens with zero attached hydrogens (tertiary/aromatic N) is 1. The summed E-state index contributed by atoms with van der Waals surface area (Å²) in [6, 6.07) is 5.56. The third-order valence-corrected chi connectivity index (χ3v) is 3.27. The summed E-state index contributed by atoms with van der Waals surface area (Å²) in [4.78, 5) is 13.3. The van der Waals surface area contributed by atoms with Crippen molar-refractivity contribution >= 4 is 23.2 Å². The van der Waals surface area contributed by atoms with Gasteiger partial charge in [-0.3, -0.25) is 4.79 Å². The number of benzene rings is 1. The van der Waals surface area contributed by atoms with Crippen LogP contribution >= 0.6 is 11.6 Å². The zero-order valence-electron chi connectivity index (χ0n) is 10.6.